The summed E-state index contributed by atoms with van der Waals surface area (Å²) in [6.07, 6.45) is 5.45. The lowest BCUT2D eigenvalue weighted by atomic mass is 10.1. The zero-order valence-corrected chi connectivity index (χ0v) is 14.8. The van der Waals surface area contributed by atoms with Gasteiger partial charge in [0.05, 0.1) is 17.8 Å². The molecule has 3 heterocycles. The quantitative estimate of drug-likeness (QED) is 0.801. The van der Waals surface area contributed by atoms with Crippen molar-refractivity contribution >= 4 is 22.6 Å². The van der Waals surface area contributed by atoms with Crippen molar-refractivity contribution in [2.75, 3.05) is 37.7 Å². The minimum absolute atomic E-state index is 0.277. The number of nitrogens with zero attached hydrogens (tertiary/aromatic N) is 3. The van der Waals surface area contributed by atoms with Crippen LogP contribution in [0.1, 0.15) is 36.5 Å². The molecule has 2 aliphatic rings. The maximum Gasteiger partial charge on any atom is 0.341 e. The van der Waals surface area contributed by atoms with E-state index in [9.17, 15) is 4.79 Å². The topological polar surface area (TPSA) is 45.7 Å². The number of rotatable bonds is 4. The Morgan fingerprint density at radius 2 is 2.04 bits per heavy atom. The van der Waals surface area contributed by atoms with Crippen LogP contribution in [-0.2, 0) is 4.74 Å². The van der Waals surface area contributed by atoms with E-state index < -0.39 is 0 Å². The summed E-state index contributed by atoms with van der Waals surface area (Å²) in [6, 6.07) is 8.65. The largest absolute Gasteiger partial charge is 0.462 e. The minimum Gasteiger partial charge on any atom is -0.462 e. The van der Waals surface area contributed by atoms with Crippen LogP contribution in [0.25, 0.3) is 10.9 Å². The van der Waals surface area contributed by atoms with Gasteiger partial charge in [-0.05, 0) is 45.3 Å². The van der Waals surface area contributed by atoms with Gasteiger partial charge in [-0.15, -0.1) is 0 Å². The van der Waals surface area contributed by atoms with Gasteiger partial charge in [0.25, 0.3) is 0 Å². The molecule has 4 rings (SSSR count). The Hall–Kier alpha value is -2.14. The number of pyridine rings is 1. The van der Waals surface area contributed by atoms with Crippen molar-refractivity contribution < 1.29 is 9.53 Å². The standard InChI is InChI=1S/C20H25N3O2/c1-2-25-20(24)17-13-21-18-8-4-3-7-16(18)19(17)23-12-9-15(14-23)22-10-5-6-11-22/h3-4,7-8,13,15H,2,5-6,9-12,14H2,1H3. The molecule has 2 aromatic rings. The molecule has 1 unspecified atom stereocenters. The van der Waals surface area contributed by atoms with Gasteiger partial charge in [-0.2, -0.15) is 0 Å². The molecule has 0 N–H and O–H groups in total. The number of para-hydroxylation sites is 1. The Morgan fingerprint density at radius 3 is 2.84 bits per heavy atom. The van der Waals surface area contributed by atoms with Gasteiger partial charge in [-0.3, -0.25) is 9.88 Å². The number of benzene rings is 1. The molecule has 0 spiro atoms. The van der Waals surface area contributed by atoms with E-state index in [0.717, 1.165) is 36.1 Å². The van der Waals surface area contributed by atoms with Gasteiger partial charge in [0.2, 0.25) is 0 Å². The molecule has 0 bridgehead atoms. The zero-order valence-electron chi connectivity index (χ0n) is 14.8. The molecular formula is C20H25N3O2. The summed E-state index contributed by atoms with van der Waals surface area (Å²) in [4.78, 5) is 21.9. The second kappa shape index (κ2) is 7.00. The molecule has 25 heavy (non-hydrogen) atoms. The van der Waals surface area contributed by atoms with Gasteiger partial charge in [-0.25, -0.2) is 4.79 Å². The molecule has 1 aromatic carbocycles. The lowest BCUT2D eigenvalue weighted by Crippen LogP contribution is -2.35. The lowest BCUT2D eigenvalue weighted by Gasteiger charge is -2.26. The van der Waals surface area contributed by atoms with Crippen LogP contribution in [0.5, 0.6) is 0 Å². The number of hydrogen-bond donors (Lipinski definition) is 0. The van der Waals surface area contributed by atoms with Crippen LogP contribution in [0.15, 0.2) is 30.5 Å². The Labute approximate surface area is 148 Å². The van der Waals surface area contributed by atoms with E-state index in [1.807, 2.05) is 25.1 Å². The number of fused-ring (bicyclic) bond motifs is 1. The molecule has 2 fully saturated rings. The molecule has 0 saturated carbocycles. The number of hydrogen-bond acceptors (Lipinski definition) is 5. The molecule has 132 valence electrons. The van der Waals surface area contributed by atoms with Crippen LogP contribution in [-0.4, -0.2) is 54.7 Å². The number of likely N-dealkylation sites (tertiary alicyclic amines) is 1. The fraction of sp³-hybridized carbons (Fsp3) is 0.500. The molecular weight excluding hydrogens is 314 g/mol. The minimum atomic E-state index is -0.277. The van der Waals surface area contributed by atoms with E-state index in [2.05, 4.69) is 20.9 Å². The normalized spacial score (nSPS) is 21.2. The predicted octanol–water partition coefficient (Wildman–Crippen LogP) is 3.09. The second-order valence-electron chi connectivity index (χ2n) is 6.89. The third-order valence-electron chi connectivity index (χ3n) is 5.38. The second-order valence-corrected chi connectivity index (χ2v) is 6.89. The van der Waals surface area contributed by atoms with Crippen LogP contribution in [0, 0.1) is 0 Å². The summed E-state index contributed by atoms with van der Waals surface area (Å²) in [5.74, 6) is -0.277. The lowest BCUT2D eigenvalue weighted by molar-refractivity contribution is 0.0527. The number of ether oxygens (including phenoxy) is 1. The molecule has 0 aliphatic carbocycles. The van der Waals surface area contributed by atoms with Crippen LogP contribution in [0.2, 0.25) is 0 Å². The third-order valence-corrected chi connectivity index (χ3v) is 5.38. The van der Waals surface area contributed by atoms with Crippen molar-refractivity contribution in [3.05, 3.63) is 36.0 Å². The van der Waals surface area contributed by atoms with Gasteiger partial charge < -0.3 is 9.64 Å². The highest BCUT2D eigenvalue weighted by molar-refractivity contribution is 6.05. The summed E-state index contributed by atoms with van der Waals surface area (Å²) in [7, 11) is 0. The van der Waals surface area contributed by atoms with E-state index in [4.69, 9.17) is 4.74 Å². The number of carbonyl (C=O) groups is 1. The van der Waals surface area contributed by atoms with Gasteiger partial charge in [-0.1, -0.05) is 18.2 Å². The Kier molecular flexibility index (Phi) is 4.57. The summed E-state index contributed by atoms with van der Waals surface area (Å²) in [5, 5.41) is 1.04. The molecule has 5 heteroatoms. The Balaban J connectivity index is 1.71. The van der Waals surface area contributed by atoms with Crippen molar-refractivity contribution in [3.8, 4) is 0 Å². The van der Waals surface area contributed by atoms with Crippen LogP contribution >= 0.6 is 0 Å². The van der Waals surface area contributed by atoms with Crippen LogP contribution < -0.4 is 4.90 Å². The first kappa shape index (κ1) is 16.3. The Bertz CT molecular complexity index is 771. The van der Waals surface area contributed by atoms with Crippen molar-refractivity contribution in [1.82, 2.24) is 9.88 Å². The molecule has 2 aliphatic heterocycles. The van der Waals surface area contributed by atoms with E-state index in [1.165, 1.54) is 25.9 Å². The molecule has 0 radical (unpaired) electrons. The van der Waals surface area contributed by atoms with Crippen molar-refractivity contribution in [2.45, 2.75) is 32.2 Å². The van der Waals surface area contributed by atoms with Crippen molar-refractivity contribution in [3.63, 3.8) is 0 Å². The first-order valence-electron chi connectivity index (χ1n) is 9.32. The number of anilines is 1. The van der Waals surface area contributed by atoms with Crippen molar-refractivity contribution in [1.29, 1.82) is 0 Å². The van der Waals surface area contributed by atoms with Crippen LogP contribution in [0.4, 0.5) is 5.69 Å². The summed E-state index contributed by atoms with van der Waals surface area (Å²) in [6.45, 7) is 6.58. The molecule has 0 amide bonds. The highest BCUT2D eigenvalue weighted by Crippen LogP contribution is 2.34. The third kappa shape index (κ3) is 3.09. The summed E-state index contributed by atoms with van der Waals surface area (Å²) < 4.78 is 5.29. The van der Waals surface area contributed by atoms with E-state index >= 15 is 0 Å². The first-order valence-corrected chi connectivity index (χ1v) is 9.32. The predicted molar refractivity (Wildman–Crippen MR) is 99.1 cm³/mol. The Morgan fingerprint density at radius 1 is 1.24 bits per heavy atom. The summed E-state index contributed by atoms with van der Waals surface area (Å²) >= 11 is 0. The average molecular weight is 339 g/mol. The van der Waals surface area contributed by atoms with Crippen LogP contribution in [0.3, 0.4) is 0 Å². The van der Waals surface area contributed by atoms with Gasteiger partial charge in [0, 0.05) is 30.7 Å². The molecule has 1 atom stereocenters. The summed E-state index contributed by atoms with van der Waals surface area (Å²) in [5.41, 5.74) is 2.50. The van der Waals surface area contributed by atoms with E-state index in [1.54, 1.807) is 6.20 Å². The monoisotopic (exact) mass is 339 g/mol. The number of carbonyl (C=O) groups excluding carboxylic acids is 1. The first-order chi connectivity index (χ1) is 12.3. The maximum atomic E-state index is 12.5. The maximum absolute atomic E-state index is 12.5. The highest BCUT2D eigenvalue weighted by Gasteiger charge is 2.32. The zero-order chi connectivity index (χ0) is 17.2. The van der Waals surface area contributed by atoms with Gasteiger partial charge in [0.1, 0.15) is 5.56 Å². The van der Waals surface area contributed by atoms with E-state index in [0.29, 0.717) is 18.2 Å². The molecule has 1 aromatic heterocycles. The highest BCUT2D eigenvalue weighted by atomic mass is 16.5. The molecule has 2 saturated heterocycles. The average Bonchev–Trinajstić information content (AvgIpc) is 3.32. The number of esters is 1. The fourth-order valence-electron chi connectivity index (χ4n) is 4.18. The van der Waals surface area contributed by atoms with Gasteiger partial charge in [0.15, 0.2) is 0 Å². The van der Waals surface area contributed by atoms with Crippen molar-refractivity contribution in [2.24, 2.45) is 0 Å². The SMILES string of the molecule is CCOC(=O)c1cnc2ccccc2c1N1CCC(N2CCCC2)C1. The van der Waals surface area contributed by atoms with Gasteiger partial charge >= 0.3 is 5.97 Å². The molecule has 5 nitrogen and oxygen atoms in total. The smallest absolute Gasteiger partial charge is 0.341 e. The van der Waals surface area contributed by atoms with E-state index in [-0.39, 0.29) is 5.97 Å². The fourth-order valence-corrected chi connectivity index (χ4v) is 4.18. The number of aromatic nitrogens is 1.